The monoisotopic (exact) mass is 396 g/mol. The van der Waals surface area contributed by atoms with Gasteiger partial charge in [0.1, 0.15) is 0 Å². The van der Waals surface area contributed by atoms with Crippen LogP contribution in [0.1, 0.15) is 12.8 Å². The Morgan fingerprint density at radius 2 is 1.57 bits per heavy atom. The molecule has 1 atom stereocenters. The van der Waals surface area contributed by atoms with Gasteiger partial charge in [-0.05, 0) is 77.8 Å². The van der Waals surface area contributed by atoms with E-state index in [4.69, 9.17) is 18.4 Å². The second-order valence-corrected chi connectivity index (χ2v) is 20.8. The SMILES string of the molecule is C[SiH2]CO[Si](C)(C)O[Si](C)(CCCNCCCN)O[Si](C)(C)C. The Balaban J connectivity index is 4.57. The van der Waals surface area contributed by atoms with Crippen molar-refractivity contribution in [2.24, 2.45) is 5.73 Å². The quantitative estimate of drug-likeness (QED) is 0.348. The highest BCUT2D eigenvalue weighted by atomic mass is 28.5. The summed E-state index contributed by atoms with van der Waals surface area (Å²) in [5, 5.41) is 3.45. The number of hydrogen-bond donors (Lipinski definition) is 2. The summed E-state index contributed by atoms with van der Waals surface area (Å²) in [6.45, 7) is 18.3. The Kier molecular flexibility index (Phi) is 11.6. The summed E-state index contributed by atoms with van der Waals surface area (Å²) in [6, 6.07) is 1.02. The Hall–Kier alpha value is 0.668. The lowest BCUT2D eigenvalue weighted by atomic mass is 10.4. The molecule has 1 unspecified atom stereocenters. The molecule has 0 aromatic rings. The van der Waals surface area contributed by atoms with E-state index >= 15 is 0 Å². The van der Waals surface area contributed by atoms with E-state index in [1.807, 2.05) is 0 Å². The highest BCUT2D eigenvalue weighted by molar-refractivity contribution is 6.86. The standard InChI is InChI=1S/C14H40N2O3Si4/c1-20-14-17-22(5,6)19-23(7,18-21(2,3)4)13-9-12-16-11-8-10-15/h16H,8-15,20H2,1-7H3. The van der Waals surface area contributed by atoms with Crippen molar-refractivity contribution in [3.8, 4) is 0 Å². The summed E-state index contributed by atoms with van der Waals surface area (Å²) in [5.41, 5.74) is 5.52. The first-order valence-corrected chi connectivity index (χ1v) is 20.1. The third-order valence-electron chi connectivity index (χ3n) is 3.18. The molecule has 140 valence electrons. The van der Waals surface area contributed by atoms with Gasteiger partial charge in [-0.15, -0.1) is 0 Å². The van der Waals surface area contributed by atoms with Gasteiger partial charge >= 0.3 is 17.1 Å². The number of nitrogens with two attached hydrogens (primary N) is 1. The minimum absolute atomic E-state index is 0.0850. The first-order valence-electron chi connectivity index (χ1n) is 8.99. The molecule has 3 N–H and O–H groups in total. The van der Waals surface area contributed by atoms with Crippen LogP contribution in [-0.2, 0) is 12.7 Å². The molecule has 0 saturated heterocycles. The summed E-state index contributed by atoms with van der Waals surface area (Å²) >= 11 is 0. The van der Waals surface area contributed by atoms with E-state index in [1.54, 1.807) is 0 Å². The molecule has 0 spiro atoms. The van der Waals surface area contributed by atoms with E-state index in [9.17, 15) is 0 Å². The molecule has 0 saturated carbocycles. The van der Waals surface area contributed by atoms with Crippen LogP contribution in [0.15, 0.2) is 0 Å². The third-order valence-corrected chi connectivity index (χ3v) is 14.2. The van der Waals surface area contributed by atoms with Gasteiger partial charge in [0.05, 0.1) is 0 Å². The van der Waals surface area contributed by atoms with E-state index < -0.39 is 25.4 Å². The number of nitrogens with one attached hydrogen (secondary N) is 1. The molecule has 0 aliphatic carbocycles. The maximum absolute atomic E-state index is 6.57. The van der Waals surface area contributed by atoms with Crippen LogP contribution in [0.25, 0.3) is 0 Å². The van der Waals surface area contributed by atoms with Crippen LogP contribution in [0.5, 0.6) is 0 Å². The van der Waals surface area contributed by atoms with Crippen molar-refractivity contribution in [1.29, 1.82) is 0 Å². The highest BCUT2D eigenvalue weighted by Crippen LogP contribution is 2.25. The zero-order chi connectivity index (χ0) is 18.0. The topological polar surface area (TPSA) is 65.7 Å². The molecule has 0 fully saturated rings. The maximum atomic E-state index is 6.57. The lowest BCUT2D eigenvalue weighted by Gasteiger charge is -2.39. The van der Waals surface area contributed by atoms with E-state index in [0.717, 1.165) is 44.8 Å². The number of rotatable bonds is 14. The molecule has 23 heavy (non-hydrogen) atoms. The fourth-order valence-electron chi connectivity index (χ4n) is 2.55. The summed E-state index contributed by atoms with van der Waals surface area (Å²) in [4.78, 5) is 0. The second-order valence-electron chi connectivity index (χ2n) is 7.69. The smallest absolute Gasteiger partial charge is 0.322 e. The number of hydrogen-bond acceptors (Lipinski definition) is 5. The molecular weight excluding hydrogens is 357 g/mol. The van der Waals surface area contributed by atoms with Crippen LogP contribution in [0.4, 0.5) is 0 Å². The average Bonchev–Trinajstić information content (AvgIpc) is 2.37. The van der Waals surface area contributed by atoms with Gasteiger partial charge in [0.2, 0.25) is 0 Å². The first kappa shape index (κ1) is 23.7. The molecule has 0 heterocycles. The maximum Gasteiger partial charge on any atom is 0.322 e. The van der Waals surface area contributed by atoms with Gasteiger partial charge in [0.15, 0.2) is 8.32 Å². The average molecular weight is 397 g/mol. The van der Waals surface area contributed by atoms with Crippen molar-refractivity contribution >= 4 is 35.0 Å². The van der Waals surface area contributed by atoms with Crippen molar-refractivity contribution in [1.82, 2.24) is 5.32 Å². The molecule has 0 rings (SSSR count). The van der Waals surface area contributed by atoms with Crippen molar-refractivity contribution in [3.05, 3.63) is 0 Å². The van der Waals surface area contributed by atoms with Gasteiger partial charge in [0.25, 0.3) is 0 Å². The summed E-state index contributed by atoms with van der Waals surface area (Å²) in [6.07, 6.45) is 3.04. The molecule has 0 aromatic carbocycles. The van der Waals surface area contributed by atoms with Crippen LogP contribution in [-0.4, -0.2) is 60.8 Å². The predicted molar refractivity (Wildman–Crippen MR) is 111 cm³/mol. The zero-order valence-electron chi connectivity index (χ0n) is 16.5. The normalized spacial score (nSPS) is 16.2. The molecule has 0 radical (unpaired) electrons. The molecule has 5 nitrogen and oxygen atoms in total. The molecule has 0 aromatic heterocycles. The van der Waals surface area contributed by atoms with Crippen LogP contribution in [0.2, 0.25) is 51.9 Å². The van der Waals surface area contributed by atoms with Crippen LogP contribution in [0.3, 0.4) is 0 Å². The van der Waals surface area contributed by atoms with E-state index in [-0.39, 0.29) is 9.52 Å². The van der Waals surface area contributed by atoms with Gasteiger partial charge in [-0.25, -0.2) is 0 Å². The minimum Gasteiger partial charge on any atom is -0.437 e. The fourth-order valence-corrected chi connectivity index (χ4v) is 17.1. The summed E-state index contributed by atoms with van der Waals surface area (Å²) in [5.74, 6) is 0. The molecule has 0 bridgehead atoms. The molecule has 0 amide bonds. The zero-order valence-corrected chi connectivity index (χ0v) is 20.9. The van der Waals surface area contributed by atoms with Gasteiger partial charge in [-0.1, -0.05) is 6.55 Å². The Morgan fingerprint density at radius 3 is 2.09 bits per heavy atom. The Morgan fingerprint density at radius 1 is 0.957 bits per heavy atom. The van der Waals surface area contributed by atoms with Crippen LogP contribution in [0, 0.1) is 0 Å². The van der Waals surface area contributed by atoms with Crippen LogP contribution >= 0.6 is 0 Å². The lowest BCUT2D eigenvalue weighted by Crippen LogP contribution is -2.54. The second kappa shape index (κ2) is 11.3. The van der Waals surface area contributed by atoms with E-state index in [1.165, 1.54) is 0 Å². The minimum atomic E-state index is -2.19. The van der Waals surface area contributed by atoms with Gasteiger partial charge in [-0.3, -0.25) is 0 Å². The Bertz CT molecular complexity index is 317. The summed E-state index contributed by atoms with van der Waals surface area (Å²) < 4.78 is 19.2. The van der Waals surface area contributed by atoms with Crippen molar-refractivity contribution in [2.45, 2.75) is 64.7 Å². The highest BCUT2D eigenvalue weighted by Gasteiger charge is 2.42. The Labute approximate surface area is 149 Å². The van der Waals surface area contributed by atoms with Crippen molar-refractivity contribution in [2.75, 3.05) is 25.9 Å². The fraction of sp³-hybridized carbons (Fsp3) is 1.00. The molecular formula is C14H40N2O3Si4. The van der Waals surface area contributed by atoms with Crippen molar-refractivity contribution < 1.29 is 12.7 Å². The molecule has 0 aliphatic heterocycles. The van der Waals surface area contributed by atoms with Crippen LogP contribution < -0.4 is 11.1 Å². The predicted octanol–water partition coefficient (Wildman–Crippen LogP) is 2.15. The first-order chi connectivity index (χ1) is 10.5. The molecule has 9 heteroatoms. The summed E-state index contributed by atoms with van der Waals surface area (Å²) in [7, 11) is -5.99. The van der Waals surface area contributed by atoms with Crippen molar-refractivity contribution in [3.63, 3.8) is 0 Å². The largest absolute Gasteiger partial charge is 0.437 e. The van der Waals surface area contributed by atoms with E-state index in [2.05, 4.69) is 51.1 Å². The van der Waals surface area contributed by atoms with Gasteiger partial charge < -0.3 is 23.7 Å². The third kappa shape index (κ3) is 13.6. The molecule has 0 aliphatic rings. The van der Waals surface area contributed by atoms with E-state index in [0.29, 0.717) is 0 Å². The van der Waals surface area contributed by atoms with Gasteiger partial charge in [-0.2, -0.15) is 0 Å². The lowest BCUT2D eigenvalue weighted by molar-refractivity contribution is 0.261. The van der Waals surface area contributed by atoms with Gasteiger partial charge in [0, 0.05) is 15.7 Å².